The summed E-state index contributed by atoms with van der Waals surface area (Å²) in [4.78, 5) is 25.3. The SMILES string of the molecule is Cc1noc(C)c1CSc1ccccc1C(=O)NNC(=O)COc1cccc(Br)c1. The highest BCUT2D eigenvalue weighted by molar-refractivity contribution is 9.10. The number of thioether (sulfide) groups is 1. The minimum Gasteiger partial charge on any atom is -0.484 e. The topological polar surface area (TPSA) is 93.5 Å². The van der Waals surface area contributed by atoms with Crippen molar-refractivity contribution in [1.82, 2.24) is 16.0 Å². The second-order valence-corrected chi connectivity index (χ2v) is 8.27. The lowest BCUT2D eigenvalue weighted by molar-refractivity contribution is -0.123. The molecule has 30 heavy (non-hydrogen) atoms. The van der Waals surface area contributed by atoms with Gasteiger partial charge in [-0.15, -0.1) is 11.8 Å². The van der Waals surface area contributed by atoms with Gasteiger partial charge in [-0.3, -0.25) is 20.4 Å². The van der Waals surface area contributed by atoms with Crippen LogP contribution in [-0.4, -0.2) is 23.6 Å². The molecule has 3 rings (SSSR count). The van der Waals surface area contributed by atoms with Crippen LogP contribution >= 0.6 is 27.7 Å². The van der Waals surface area contributed by atoms with E-state index in [-0.39, 0.29) is 6.61 Å². The molecule has 0 bridgehead atoms. The molecule has 0 spiro atoms. The van der Waals surface area contributed by atoms with Gasteiger partial charge in [0, 0.05) is 20.7 Å². The summed E-state index contributed by atoms with van der Waals surface area (Å²) >= 11 is 4.84. The molecular formula is C21H20BrN3O4S. The van der Waals surface area contributed by atoms with Crippen molar-refractivity contribution in [2.24, 2.45) is 0 Å². The molecule has 0 saturated carbocycles. The highest BCUT2D eigenvalue weighted by Gasteiger charge is 2.15. The molecule has 156 valence electrons. The molecule has 0 saturated heterocycles. The zero-order valence-electron chi connectivity index (χ0n) is 16.4. The van der Waals surface area contributed by atoms with Gasteiger partial charge in [0.1, 0.15) is 11.5 Å². The number of amides is 2. The molecule has 2 aromatic carbocycles. The summed E-state index contributed by atoms with van der Waals surface area (Å²) < 4.78 is 11.4. The average molecular weight is 490 g/mol. The van der Waals surface area contributed by atoms with Crippen molar-refractivity contribution in [2.75, 3.05) is 6.61 Å². The summed E-state index contributed by atoms with van der Waals surface area (Å²) in [6.07, 6.45) is 0. The number of hydrogen-bond donors (Lipinski definition) is 2. The molecule has 0 unspecified atom stereocenters. The Morgan fingerprint density at radius 3 is 2.67 bits per heavy atom. The summed E-state index contributed by atoms with van der Waals surface area (Å²) in [6.45, 7) is 3.52. The Kier molecular flexibility index (Phi) is 7.53. The van der Waals surface area contributed by atoms with Crippen LogP contribution in [0.1, 0.15) is 27.4 Å². The smallest absolute Gasteiger partial charge is 0.276 e. The van der Waals surface area contributed by atoms with Gasteiger partial charge in [0.2, 0.25) is 0 Å². The van der Waals surface area contributed by atoms with Crippen LogP contribution < -0.4 is 15.6 Å². The number of rotatable bonds is 7. The van der Waals surface area contributed by atoms with Gasteiger partial charge in [-0.05, 0) is 44.2 Å². The summed E-state index contributed by atoms with van der Waals surface area (Å²) in [5.41, 5.74) is 7.10. The van der Waals surface area contributed by atoms with E-state index in [2.05, 4.69) is 31.9 Å². The van der Waals surface area contributed by atoms with E-state index in [4.69, 9.17) is 9.26 Å². The molecule has 2 N–H and O–H groups in total. The highest BCUT2D eigenvalue weighted by atomic mass is 79.9. The van der Waals surface area contributed by atoms with E-state index in [0.29, 0.717) is 17.1 Å². The molecule has 0 aliphatic rings. The van der Waals surface area contributed by atoms with Gasteiger partial charge >= 0.3 is 0 Å². The van der Waals surface area contributed by atoms with Gasteiger partial charge in [-0.2, -0.15) is 0 Å². The Morgan fingerprint density at radius 2 is 1.93 bits per heavy atom. The fraction of sp³-hybridized carbons (Fsp3) is 0.190. The number of ether oxygens (including phenoxy) is 1. The molecule has 0 aliphatic heterocycles. The Labute approximate surface area is 186 Å². The van der Waals surface area contributed by atoms with Gasteiger partial charge in [0.15, 0.2) is 6.61 Å². The lowest BCUT2D eigenvalue weighted by Crippen LogP contribution is -2.44. The van der Waals surface area contributed by atoms with Crippen molar-refractivity contribution >= 4 is 39.5 Å². The Hall–Kier alpha value is -2.78. The molecule has 1 aromatic heterocycles. The number of aromatic nitrogens is 1. The summed E-state index contributed by atoms with van der Waals surface area (Å²) in [5, 5.41) is 3.95. The quantitative estimate of drug-likeness (QED) is 0.381. The van der Waals surface area contributed by atoms with Gasteiger partial charge in [-0.1, -0.05) is 39.3 Å². The number of hydrogen-bond acceptors (Lipinski definition) is 6. The summed E-state index contributed by atoms with van der Waals surface area (Å²) in [5.74, 6) is 1.06. The Balaban J connectivity index is 1.54. The van der Waals surface area contributed by atoms with Crippen molar-refractivity contribution in [2.45, 2.75) is 24.5 Å². The average Bonchev–Trinajstić information content (AvgIpc) is 3.06. The molecule has 0 radical (unpaired) electrons. The molecule has 7 nitrogen and oxygen atoms in total. The highest BCUT2D eigenvalue weighted by Crippen LogP contribution is 2.28. The first-order valence-corrected chi connectivity index (χ1v) is 10.8. The van der Waals surface area contributed by atoms with E-state index >= 15 is 0 Å². The Morgan fingerprint density at radius 1 is 1.13 bits per heavy atom. The summed E-state index contributed by atoms with van der Waals surface area (Å²) in [7, 11) is 0. The monoisotopic (exact) mass is 489 g/mol. The van der Waals surface area contributed by atoms with Crippen LogP contribution in [0.15, 0.2) is 62.4 Å². The standard InChI is InChI=1S/C21H20BrN3O4S/c1-13-18(14(2)29-25-13)12-30-19-9-4-3-8-17(19)21(27)24-23-20(26)11-28-16-7-5-6-15(22)10-16/h3-10H,11-12H2,1-2H3,(H,23,26)(H,24,27). The second-order valence-electron chi connectivity index (χ2n) is 6.34. The Bertz CT molecular complexity index is 1030. The zero-order valence-corrected chi connectivity index (χ0v) is 18.8. The maximum absolute atomic E-state index is 12.6. The van der Waals surface area contributed by atoms with Crippen LogP contribution in [0.4, 0.5) is 0 Å². The molecule has 2 amide bonds. The van der Waals surface area contributed by atoms with Crippen LogP contribution in [-0.2, 0) is 10.5 Å². The zero-order chi connectivity index (χ0) is 21.5. The maximum Gasteiger partial charge on any atom is 0.276 e. The molecule has 3 aromatic rings. The van der Waals surface area contributed by atoms with E-state index < -0.39 is 11.8 Å². The van der Waals surface area contributed by atoms with Crippen molar-refractivity contribution < 1.29 is 18.8 Å². The summed E-state index contributed by atoms with van der Waals surface area (Å²) in [6, 6.07) is 14.3. The number of carbonyl (C=O) groups is 2. The molecule has 0 aliphatic carbocycles. The number of aryl methyl sites for hydroxylation is 2. The minimum absolute atomic E-state index is 0.223. The third-order valence-electron chi connectivity index (χ3n) is 4.17. The largest absolute Gasteiger partial charge is 0.484 e. The van der Waals surface area contributed by atoms with Gasteiger partial charge in [0.05, 0.1) is 11.3 Å². The lowest BCUT2D eigenvalue weighted by Gasteiger charge is -2.11. The van der Waals surface area contributed by atoms with Crippen LogP contribution in [0.3, 0.4) is 0 Å². The number of nitrogens with one attached hydrogen (secondary N) is 2. The minimum atomic E-state index is -0.468. The predicted octanol–water partition coefficient (Wildman–Crippen LogP) is 4.19. The van der Waals surface area contributed by atoms with E-state index in [1.807, 2.05) is 32.0 Å². The molecule has 0 atom stereocenters. The van der Waals surface area contributed by atoms with Crippen LogP contribution in [0.5, 0.6) is 5.75 Å². The lowest BCUT2D eigenvalue weighted by atomic mass is 10.2. The van der Waals surface area contributed by atoms with Crippen molar-refractivity contribution in [3.63, 3.8) is 0 Å². The van der Waals surface area contributed by atoms with Crippen LogP contribution in [0.25, 0.3) is 0 Å². The number of hydrazine groups is 1. The third kappa shape index (κ3) is 5.87. The fourth-order valence-electron chi connectivity index (χ4n) is 2.57. The van der Waals surface area contributed by atoms with Gasteiger partial charge < -0.3 is 9.26 Å². The number of carbonyl (C=O) groups excluding carboxylic acids is 2. The van der Waals surface area contributed by atoms with Crippen molar-refractivity contribution in [1.29, 1.82) is 0 Å². The molecule has 9 heteroatoms. The number of nitrogens with zero attached hydrogens (tertiary/aromatic N) is 1. The normalized spacial score (nSPS) is 10.5. The van der Waals surface area contributed by atoms with Crippen molar-refractivity contribution in [3.05, 3.63) is 75.6 Å². The van der Waals surface area contributed by atoms with Gasteiger partial charge in [0.25, 0.3) is 11.8 Å². The first-order chi connectivity index (χ1) is 14.4. The first-order valence-electron chi connectivity index (χ1n) is 9.05. The van der Waals surface area contributed by atoms with E-state index in [1.54, 1.807) is 30.3 Å². The number of halogens is 1. The second kappa shape index (κ2) is 10.3. The van der Waals surface area contributed by atoms with Gasteiger partial charge in [-0.25, -0.2) is 0 Å². The van der Waals surface area contributed by atoms with E-state index in [1.165, 1.54) is 11.8 Å². The van der Waals surface area contributed by atoms with E-state index in [9.17, 15) is 9.59 Å². The maximum atomic E-state index is 12.6. The fourth-order valence-corrected chi connectivity index (χ4v) is 4.15. The number of benzene rings is 2. The predicted molar refractivity (Wildman–Crippen MR) is 117 cm³/mol. The van der Waals surface area contributed by atoms with E-state index in [0.717, 1.165) is 26.4 Å². The first kappa shape index (κ1) is 21.9. The molecule has 0 fully saturated rings. The molecular weight excluding hydrogens is 470 g/mol. The van der Waals surface area contributed by atoms with Crippen molar-refractivity contribution in [3.8, 4) is 5.75 Å². The molecule has 1 heterocycles. The third-order valence-corrected chi connectivity index (χ3v) is 5.76. The van der Waals surface area contributed by atoms with Crippen LogP contribution in [0.2, 0.25) is 0 Å². The van der Waals surface area contributed by atoms with Crippen LogP contribution in [0, 0.1) is 13.8 Å².